The van der Waals surface area contributed by atoms with Gasteiger partial charge in [0, 0.05) is 6.42 Å². The molecule has 0 aromatic carbocycles. The Kier molecular flexibility index (Phi) is 6.05. The zero-order valence-corrected chi connectivity index (χ0v) is 16.4. The van der Waals surface area contributed by atoms with Crippen LogP contribution in [0.1, 0.15) is 38.8 Å². The van der Waals surface area contributed by atoms with Crippen LogP contribution in [-0.2, 0) is 13.8 Å². The van der Waals surface area contributed by atoms with Crippen molar-refractivity contribution in [3.63, 3.8) is 0 Å². The lowest BCUT2D eigenvalue weighted by atomic mass is 10.2. The van der Waals surface area contributed by atoms with Gasteiger partial charge >= 0.3 is 13.3 Å². The molecule has 4 N–H and O–H groups in total. The summed E-state index contributed by atoms with van der Waals surface area (Å²) in [4.78, 5) is 31.6. The van der Waals surface area contributed by atoms with Crippen LogP contribution in [-0.4, -0.2) is 42.8 Å². The fourth-order valence-electron chi connectivity index (χ4n) is 2.92. The average molecular weight is 431 g/mol. The summed E-state index contributed by atoms with van der Waals surface area (Å²) in [7, 11) is -5.06. The zero-order chi connectivity index (χ0) is 21.2. The van der Waals surface area contributed by atoms with E-state index in [4.69, 9.17) is 10.5 Å². The number of rotatable bonds is 6. The fraction of sp³-hybridized carbons (Fsp3) is 0.562. The van der Waals surface area contributed by atoms with E-state index in [0.717, 1.165) is 0 Å². The number of nitrogen functional groups attached to an aromatic ring is 1. The third-order valence-electron chi connectivity index (χ3n) is 4.32. The van der Waals surface area contributed by atoms with Crippen LogP contribution in [0.4, 0.5) is 14.7 Å². The van der Waals surface area contributed by atoms with E-state index >= 15 is 0 Å². The topological polar surface area (TPSA) is 145 Å². The third-order valence-corrected chi connectivity index (χ3v) is 5.91. The minimum atomic E-state index is -5.06. The molecule has 1 fully saturated rings. The van der Waals surface area contributed by atoms with Crippen LogP contribution in [0.5, 0.6) is 0 Å². The first-order chi connectivity index (χ1) is 13.6. The van der Waals surface area contributed by atoms with Gasteiger partial charge in [-0.1, -0.05) is 5.92 Å². The number of ether oxygens (including phenoxy) is 1. The summed E-state index contributed by atoms with van der Waals surface area (Å²) in [5.74, 6) is 4.74. The lowest BCUT2D eigenvalue weighted by molar-refractivity contribution is 0.00681. The van der Waals surface area contributed by atoms with E-state index in [1.807, 2.05) is 0 Å². The number of aromatic amines is 1. The van der Waals surface area contributed by atoms with E-state index < -0.39 is 31.5 Å². The lowest BCUT2D eigenvalue weighted by Gasteiger charge is -2.19. The van der Waals surface area contributed by atoms with Gasteiger partial charge in [-0.15, -0.1) is 5.92 Å². The molecule has 0 saturated carbocycles. The Bertz CT molecular complexity index is 1060. The monoisotopic (exact) mass is 431 g/mol. The van der Waals surface area contributed by atoms with Crippen LogP contribution >= 0.6 is 7.60 Å². The van der Waals surface area contributed by atoms with Crippen LogP contribution in [0.25, 0.3) is 11.2 Å². The number of imidazole rings is 1. The van der Waals surface area contributed by atoms with Crippen molar-refractivity contribution in [3.05, 3.63) is 16.7 Å². The molecule has 2 aromatic heterocycles. The quantitative estimate of drug-likeness (QED) is 0.465. The largest absolute Gasteiger partial charge is 0.398 e. The maximum atomic E-state index is 13.7. The Morgan fingerprint density at radius 1 is 1.52 bits per heavy atom. The normalized spacial score (nSPS) is 21.7. The van der Waals surface area contributed by atoms with Gasteiger partial charge in [-0.05, 0) is 19.8 Å². The first-order valence-electron chi connectivity index (χ1n) is 8.83. The molecule has 10 nitrogen and oxygen atoms in total. The predicted octanol–water partition coefficient (Wildman–Crippen LogP) is 1.98. The van der Waals surface area contributed by atoms with E-state index in [9.17, 15) is 23.0 Å². The molecule has 1 unspecified atom stereocenters. The SMILES string of the molecule is CCOP(=O)(O)C(F)(F)CC#CC[C@@H]1CC[C@H](n2cnc3c(=O)[nH]c(N)nc32)O1. The summed E-state index contributed by atoms with van der Waals surface area (Å²) in [6.07, 6.45) is 0.917. The second-order valence-corrected chi connectivity index (χ2v) is 8.36. The Labute approximate surface area is 164 Å². The molecule has 0 bridgehead atoms. The number of fused-ring (bicyclic) bond motifs is 1. The third kappa shape index (κ3) is 4.48. The molecule has 3 rings (SSSR count). The highest BCUT2D eigenvalue weighted by Gasteiger charge is 2.50. The number of hydrogen-bond acceptors (Lipinski definition) is 7. The Morgan fingerprint density at radius 2 is 2.28 bits per heavy atom. The molecular formula is C16H20F2N5O5P. The second kappa shape index (κ2) is 8.20. The molecule has 1 saturated heterocycles. The van der Waals surface area contributed by atoms with Gasteiger partial charge in [0.1, 0.15) is 6.23 Å². The standard InChI is InChI=1S/C16H20F2N5O5P/c1-2-27-29(25,26)16(17,18)8-4-3-5-10-6-7-11(28-10)23-9-20-12-13(23)21-15(19)22-14(12)24/h9-11H,2,5-8H2,1H3,(H,25,26)(H3,19,21,22,24)/t10-,11-/m1/s1. The molecule has 158 valence electrons. The molecule has 2 aromatic rings. The summed E-state index contributed by atoms with van der Waals surface area (Å²) in [6, 6.07) is 0. The van der Waals surface area contributed by atoms with E-state index in [1.165, 1.54) is 13.3 Å². The highest BCUT2D eigenvalue weighted by atomic mass is 31.2. The predicted molar refractivity (Wildman–Crippen MR) is 99.1 cm³/mol. The van der Waals surface area contributed by atoms with E-state index in [0.29, 0.717) is 12.8 Å². The summed E-state index contributed by atoms with van der Waals surface area (Å²) in [5, 5.41) is 0. The van der Waals surface area contributed by atoms with Gasteiger partial charge in [0.2, 0.25) is 5.95 Å². The number of nitrogens with zero attached hydrogens (tertiary/aromatic N) is 3. The number of nitrogens with two attached hydrogens (primary N) is 1. The summed E-state index contributed by atoms with van der Waals surface area (Å²) >= 11 is 0. The number of nitrogens with one attached hydrogen (secondary N) is 1. The number of alkyl halides is 2. The molecule has 13 heteroatoms. The molecule has 3 atom stereocenters. The summed E-state index contributed by atoms with van der Waals surface area (Å²) < 4.78 is 50.6. The van der Waals surface area contributed by atoms with Crippen molar-refractivity contribution in [1.82, 2.24) is 19.5 Å². The molecular weight excluding hydrogens is 411 g/mol. The summed E-state index contributed by atoms with van der Waals surface area (Å²) in [5.41, 5.74) is 1.60. The van der Waals surface area contributed by atoms with Crippen LogP contribution in [0, 0.1) is 11.8 Å². The Balaban J connectivity index is 1.61. The van der Waals surface area contributed by atoms with Gasteiger partial charge < -0.3 is 19.9 Å². The van der Waals surface area contributed by atoms with Crippen molar-refractivity contribution < 1.29 is 27.5 Å². The number of hydrogen-bond donors (Lipinski definition) is 3. The zero-order valence-electron chi connectivity index (χ0n) is 15.5. The van der Waals surface area contributed by atoms with Gasteiger partial charge in [-0.3, -0.25) is 18.9 Å². The molecule has 1 aliphatic heterocycles. The first kappa shape index (κ1) is 21.4. The smallest absolute Gasteiger partial charge is 0.369 e. The molecule has 3 heterocycles. The van der Waals surface area contributed by atoms with Crippen molar-refractivity contribution in [2.24, 2.45) is 0 Å². The second-order valence-electron chi connectivity index (χ2n) is 6.40. The number of anilines is 1. The van der Waals surface area contributed by atoms with E-state index in [-0.39, 0.29) is 36.2 Å². The van der Waals surface area contributed by atoms with Crippen molar-refractivity contribution in [2.45, 2.75) is 50.6 Å². The van der Waals surface area contributed by atoms with E-state index in [2.05, 4.69) is 31.3 Å². The van der Waals surface area contributed by atoms with Gasteiger partial charge in [0.05, 0.1) is 25.5 Å². The minimum Gasteiger partial charge on any atom is -0.369 e. The number of H-pyrrole nitrogens is 1. The molecule has 0 amide bonds. The maximum Gasteiger partial charge on any atom is 0.398 e. The van der Waals surface area contributed by atoms with Gasteiger partial charge in [0.25, 0.3) is 5.56 Å². The van der Waals surface area contributed by atoms with Crippen LogP contribution in [0.15, 0.2) is 11.1 Å². The average Bonchev–Trinajstić information content (AvgIpc) is 3.25. The van der Waals surface area contributed by atoms with Crippen molar-refractivity contribution >= 4 is 24.7 Å². The highest BCUT2D eigenvalue weighted by molar-refractivity contribution is 7.54. The van der Waals surface area contributed by atoms with Crippen molar-refractivity contribution in [2.75, 3.05) is 12.3 Å². The van der Waals surface area contributed by atoms with Gasteiger partial charge in [-0.2, -0.15) is 13.8 Å². The maximum absolute atomic E-state index is 13.7. The number of halogens is 2. The molecule has 0 spiro atoms. The Morgan fingerprint density at radius 3 is 3.00 bits per heavy atom. The van der Waals surface area contributed by atoms with Gasteiger partial charge in [0.15, 0.2) is 11.2 Å². The van der Waals surface area contributed by atoms with Gasteiger partial charge in [-0.25, -0.2) is 4.98 Å². The van der Waals surface area contributed by atoms with Crippen LogP contribution in [0.3, 0.4) is 0 Å². The minimum absolute atomic E-state index is 0.0428. The lowest BCUT2D eigenvalue weighted by Crippen LogP contribution is -2.17. The van der Waals surface area contributed by atoms with Crippen molar-refractivity contribution in [3.8, 4) is 11.8 Å². The Hall–Kier alpha value is -2.32. The molecule has 0 aliphatic carbocycles. The highest BCUT2D eigenvalue weighted by Crippen LogP contribution is 2.58. The van der Waals surface area contributed by atoms with Crippen LogP contribution < -0.4 is 11.3 Å². The van der Waals surface area contributed by atoms with Crippen molar-refractivity contribution in [1.29, 1.82) is 0 Å². The molecule has 1 aliphatic rings. The summed E-state index contributed by atoms with van der Waals surface area (Å²) in [6.45, 7) is 1.05. The fourth-order valence-corrected chi connectivity index (χ4v) is 3.74. The molecule has 29 heavy (non-hydrogen) atoms. The number of aromatic nitrogens is 4. The molecule has 0 radical (unpaired) electrons. The van der Waals surface area contributed by atoms with E-state index in [1.54, 1.807) is 4.57 Å². The first-order valence-corrected chi connectivity index (χ1v) is 10.4. The van der Waals surface area contributed by atoms with Crippen LogP contribution in [0.2, 0.25) is 0 Å².